The molecule has 0 heterocycles. The van der Waals surface area contributed by atoms with E-state index in [0.29, 0.717) is 18.6 Å². The molecule has 7 heteroatoms. The molecule has 7 nitrogen and oxygen atoms in total. The Hall–Kier alpha value is -2.62. The van der Waals surface area contributed by atoms with Gasteiger partial charge in [0.15, 0.2) is 6.10 Å². The fourth-order valence-corrected chi connectivity index (χ4v) is 3.04. The molecule has 0 spiro atoms. The van der Waals surface area contributed by atoms with Crippen LogP contribution in [0.2, 0.25) is 0 Å². The van der Waals surface area contributed by atoms with Gasteiger partial charge in [-0.25, -0.2) is 0 Å². The molecular weight excluding hydrogens is 310 g/mol. The second kappa shape index (κ2) is 7.30. The Balaban J connectivity index is 2.05. The molecule has 0 unspecified atom stereocenters. The van der Waals surface area contributed by atoms with Crippen LogP contribution in [0.5, 0.6) is 5.75 Å². The van der Waals surface area contributed by atoms with Crippen LogP contribution in [0.25, 0.3) is 0 Å². The largest absolute Gasteiger partial charge is 0.481 e. The lowest BCUT2D eigenvalue weighted by Gasteiger charge is -2.40. The van der Waals surface area contributed by atoms with Crippen LogP contribution >= 0.6 is 0 Å². The number of likely N-dealkylation sites (N-methyl/N-ethyl adjacent to an activating group) is 1. The molecule has 24 heavy (non-hydrogen) atoms. The summed E-state index contributed by atoms with van der Waals surface area (Å²) < 4.78 is 5.59. The molecule has 1 aliphatic carbocycles. The van der Waals surface area contributed by atoms with Gasteiger partial charge in [-0.3, -0.25) is 14.9 Å². The van der Waals surface area contributed by atoms with Crippen LogP contribution in [0, 0.1) is 21.4 Å². The van der Waals surface area contributed by atoms with Crippen molar-refractivity contribution in [3.63, 3.8) is 0 Å². The Morgan fingerprint density at radius 1 is 1.33 bits per heavy atom. The number of amides is 1. The fourth-order valence-electron chi connectivity index (χ4n) is 3.04. The molecule has 0 N–H and O–H groups in total. The molecule has 1 saturated carbocycles. The standard InChI is InChI=1S/C17H21N3O4/c1-13(24-15-8-6-14(7-9-15)20(22)23)16(21)19(2)17(12-18)10-4-3-5-11-17/h6-9,13H,3-5,10-11H2,1-2H3/t13-/m0/s1. The van der Waals surface area contributed by atoms with Gasteiger partial charge in [0.05, 0.1) is 11.0 Å². The quantitative estimate of drug-likeness (QED) is 0.610. The Morgan fingerprint density at radius 2 is 1.92 bits per heavy atom. The van der Waals surface area contributed by atoms with Crippen molar-refractivity contribution in [2.24, 2.45) is 0 Å². The van der Waals surface area contributed by atoms with Crippen molar-refractivity contribution >= 4 is 11.6 Å². The molecule has 128 valence electrons. The van der Waals surface area contributed by atoms with E-state index in [0.717, 1.165) is 19.3 Å². The van der Waals surface area contributed by atoms with E-state index < -0.39 is 16.6 Å². The van der Waals surface area contributed by atoms with E-state index in [2.05, 4.69) is 6.07 Å². The molecule has 2 rings (SSSR count). The fraction of sp³-hybridized carbons (Fsp3) is 0.529. The highest BCUT2D eigenvalue weighted by atomic mass is 16.6. The molecule has 1 fully saturated rings. The average molecular weight is 331 g/mol. The van der Waals surface area contributed by atoms with E-state index >= 15 is 0 Å². The van der Waals surface area contributed by atoms with Gasteiger partial charge in [0.25, 0.3) is 11.6 Å². The Labute approximate surface area is 141 Å². The molecule has 1 atom stereocenters. The summed E-state index contributed by atoms with van der Waals surface area (Å²) in [5.74, 6) is 0.112. The van der Waals surface area contributed by atoms with Gasteiger partial charge in [0.1, 0.15) is 11.3 Å². The van der Waals surface area contributed by atoms with Gasteiger partial charge < -0.3 is 9.64 Å². The van der Waals surface area contributed by atoms with Crippen molar-refractivity contribution in [1.82, 2.24) is 4.90 Å². The lowest BCUT2D eigenvalue weighted by atomic mass is 9.81. The number of hydrogen-bond donors (Lipinski definition) is 0. The summed E-state index contributed by atoms with van der Waals surface area (Å²) in [6, 6.07) is 7.89. The number of nitriles is 1. The number of nitrogens with zero attached hydrogens (tertiary/aromatic N) is 3. The van der Waals surface area contributed by atoms with Crippen molar-refractivity contribution in [2.75, 3.05) is 7.05 Å². The number of nitro groups is 1. The second-order valence-corrected chi connectivity index (χ2v) is 6.11. The SMILES string of the molecule is C[C@H](Oc1ccc([N+](=O)[O-])cc1)C(=O)N(C)C1(C#N)CCCCC1. The summed E-state index contributed by atoms with van der Waals surface area (Å²) >= 11 is 0. The van der Waals surface area contributed by atoms with E-state index in [1.54, 1.807) is 14.0 Å². The number of carbonyl (C=O) groups is 1. The van der Waals surface area contributed by atoms with Crippen molar-refractivity contribution in [3.8, 4) is 11.8 Å². The summed E-state index contributed by atoms with van der Waals surface area (Å²) in [5, 5.41) is 20.2. The number of benzene rings is 1. The summed E-state index contributed by atoms with van der Waals surface area (Å²) in [6.45, 7) is 1.62. The van der Waals surface area contributed by atoms with Crippen LogP contribution in [0.3, 0.4) is 0 Å². The van der Waals surface area contributed by atoms with Gasteiger partial charge in [-0.1, -0.05) is 19.3 Å². The first-order chi connectivity index (χ1) is 11.4. The average Bonchev–Trinajstić information content (AvgIpc) is 2.61. The van der Waals surface area contributed by atoms with Crippen molar-refractivity contribution in [2.45, 2.75) is 50.7 Å². The maximum Gasteiger partial charge on any atom is 0.269 e. The number of rotatable bonds is 5. The minimum absolute atomic E-state index is 0.0379. The smallest absolute Gasteiger partial charge is 0.269 e. The van der Waals surface area contributed by atoms with Crippen molar-refractivity contribution in [1.29, 1.82) is 5.26 Å². The molecule has 0 aliphatic heterocycles. The predicted molar refractivity (Wildman–Crippen MR) is 87.4 cm³/mol. The van der Waals surface area contributed by atoms with Gasteiger partial charge in [0, 0.05) is 19.2 Å². The summed E-state index contributed by atoms with van der Waals surface area (Å²) in [6.07, 6.45) is 3.53. The van der Waals surface area contributed by atoms with E-state index in [1.807, 2.05) is 0 Å². The molecular formula is C17H21N3O4. The molecule has 1 aromatic carbocycles. The number of ether oxygens (including phenoxy) is 1. The number of nitro benzene ring substituents is 1. The first kappa shape index (κ1) is 17.7. The van der Waals surface area contributed by atoms with Crippen LogP contribution < -0.4 is 4.74 Å². The van der Waals surface area contributed by atoms with E-state index in [1.165, 1.54) is 29.2 Å². The van der Waals surface area contributed by atoms with Crippen LogP contribution in [0.4, 0.5) is 5.69 Å². The summed E-state index contributed by atoms with van der Waals surface area (Å²) in [5.41, 5.74) is -0.799. The van der Waals surface area contributed by atoms with E-state index in [9.17, 15) is 20.2 Å². The molecule has 1 aliphatic rings. The highest BCUT2D eigenvalue weighted by Gasteiger charge is 2.40. The number of non-ortho nitro benzene ring substituents is 1. The van der Waals surface area contributed by atoms with Crippen molar-refractivity contribution < 1.29 is 14.5 Å². The van der Waals surface area contributed by atoms with Crippen LogP contribution in [0.15, 0.2) is 24.3 Å². The Morgan fingerprint density at radius 3 is 2.42 bits per heavy atom. The Bertz CT molecular complexity index is 645. The van der Waals surface area contributed by atoms with Gasteiger partial charge in [-0.05, 0) is 31.9 Å². The van der Waals surface area contributed by atoms with Gasteiger partial charge in [0.2, 0.25) is 0 Å². The maximum absolute atomic E-state index is 12.6. The third-order valence-corrected chi connectivity index (χ3v) is 4.57. The van der Waals surface area contributed by atoms with E-state index in [4.69, 9.17) is 4.74 Å². The Kier molecular flexibility index (Phi) is 5.39. The van der Waals surface area contributed by atoms with Crippen LogP contribution in [-0.4, -0.2) is 34.4 Å². The molecule has 1 amide bonds. The molecule has 0 bridgehead atoms. The lowest BCUT2D eigenvalue weighted by Crippen LogP contribution is -2.53. The normalized spacial score (nSPS) is 17.4. The zero-order valence-electron chi connectivity index (χ0n) is 13.9. The van der Waals surface area contributed by atoms with Gasteiger partial charge in [-0.15, -0.1) is 0 Å². The first-order valence-electron chi connectivity index (χ1n) is 8.00. The number of hydrogen-bond acceptors (Lipinski definition) is 5. The van der Waals surface area contributed by atoms with Crippen LogP contribution in [0.1, 0.15) is 39.0 Å². The topological polar surface area (TPSA) is 96.5 Å². The van der Waals surface area contributed by atoms with Gasteiger partial charge in [-0.2, -0.15) is 5.26 Å². The van der Waals surface area contributed by atoms with E-state index in [-0.39, 0.29) is 11.6 Å². The molecule has 0 radical (unpaired) electrons. The molecule has 0 saturated heterocycles. The summed E-state index contributed by atoms with van der Waals surface area (Å²) in [7, 11) is 1.65. The molecule has 1 aromatic rings. The monoisotopic (exact) mass is 331 g/mol. The lowest BCUT2D eigenvalue weighted by molar-refractivity contribution is -0.384. The highest BCUT2D eigenvalue weighted by molar-refractivity contribution is 5.82. The third-order valence-electron chi connectivity index (χ3n) is 4.57. The predicted octanol–water partition coefficient (Wildman–Crippen LogP) is 3.05. The van der Waals surface area contributed by atoms with Crippen molar-refractivity contribution in [3.05, 3.63) is 34.4 Å². The highest BCUT2D eigenvalue weighted by Crippen LogP contribution is 2.33. The van der Waals surface area contributed by atoms with Gasteiger partial charge >= 0.3 is 0 Å². The first-order valence-corrected chi connectivity index (χ1v) is 8.00. The number of carbonyl (C=O) groups excluding carboxylic acids is 1. The minimum Gasteiger partial charge on any atom is -0.481 e. The third kappa shape index (κ3) is 3.65. The minimum atomic E-state index is -0.774. The zero-order valence-corrected chi connectivity index (χ0v) is 13.9. The maximum atomic E-state index is 12.6. The second-order valence-electron chi connectivity index (χ2n) is 6.11. The zero-order chi connectivity index (χ0) is 17.7. The molecule has 0 aromatic heterocycles. The van der Waals surface area contributed by atoms with Crippen LogP contribution in [-0.2, 0) is 4.79 Å². The summed E-state index contributed by atoms with van der Waals surface area (Å²) in [4.78, 5) is 24.3.